The third-order valence-electron chi connectivity index (χ3n) is 2.82. The summed E-state index contributed by atoms with van der Waals surface area (Å²) in [7, 11) is 0. The van der Waals surface area contributed by atoms with Gasteiger partial charge in [-0.15, -0.1) is 0 Å². The van der Waals surface area contributed by atoms with Crippen molar-refractivity contribution >= 4 is 11.9 Å². The first-order chi connectivity index (χ1) is 9.49. The van der Waals surface area contributed by atoms with Gasteiger partial charge in [-0.2, -0.15) is 0 Å². The molecule has 5 heteroatoms. The number of benzene rings is 1. The largest absolute Gasteiger partial charge is 0.465 e. The summed E-state index contributed by atoms with van der Waals surface area (Å²) in [6, 6.07) is 4.00. The minimum atomic E-state index is -0.436. The number of ether oxygens (including phenoxy) is 1. The predicted octanol–water partition coefficient (Wildman–Crippen LogP) is 2.55. The average molecular weight is 281 g/mol. The normalized spacial score (nSPS) is 10.2. The van der Waals surface area contributed by atoms with E-state index in [2.05, 4.69) is 0 Å². The summed E-state index contributed by atoms with van der Waals surface area (Å²) in [6.07, 6.45) is 0.728. The fraction of sp³-hybridized carbons (Fsp3) is 0.467. The number of hydrogen-bond acceptors (Lipinski definition) is 3. The van der Waals surface area contributed by atoms with Gasteiger partial charge in [0, 0.05) is 12.1 Å². The first kappa shape index (κ1) is 16.1. The molecule has 0 unspecified atom stereocenters. The fourth-order valence-corrected chi connectivity index (χ4v) is 1.92. The Morgan fingerprint density at radius 3 is 2.55 bits per heavy atom. The molecule has 0 atom stereocenters. The Balaban J connectivity index is 2.90. The predicted molar refractivity (Wildman–Crippen MR) is 74.0 cm³/mol. The molecule has 0 aliphatic rings. The lowest BCUT2D eigenvalue weighted by Gasteiger charge is -2.22. The Labute approximate surface area is 118 Å². The molecule has 0 aliphatic heterocycles. The molecular weight excluding hydrogens is 261 g/mol. The summed E-state index contributed by atoms with van der Waals surface area (Å²) < 4.78 is 17.9. The Bertz CT molecular complexity index is 488. The van der Waals surface area contributed by atoms with Gasteiger partial charge in [-0.3, -0.25) is 9.59 Å². The van der Waals surface area contributed by atoms with Gasteiger partial charge in [-0.1, -0.05) is 6.92 Å². The fourth-order valence-electron chi connectivity index (χ4n) is 1.92. The van der Waals surface area contributed by atoms with E-state index in [1.807, 2.05) is 6.92 Å². The Morgan fingerprint density at radius 1 is 1.30 bits per heavy atom. The quantitative estimate of drug-likeness (QED) is 0.753. The van der Waals surface area contributed by atoms with Crippen LogP contribution in [0.2, 0.25) is 0 Å². The molecule has 0 radical (unpaired) electrons. The van der Waals surface area contributed by atoms with E-state index in [1.54, 1.807) is 13.8 Å². The van der Waals surface area contributed by atoms with Crippen LogP contribution < -0.4 is 0 Å². The van der Waals surface area contributed by atoms with Crippen molar-refractivity contribution in [3.63, 3.8) is 0 Å². The number of esters is 1. The number of rotatable bonds is 6. The highest BCUT2D eigenvalue weighted by atomic mass is 19.1. The van der Waals surface area contributed by atoms with Gasteiger partial charge in [0.1, 0.15) is 12.4 Å². The summed E-state index contributed by atoms with van der Waals surface area (Å²) >= 11 is 0. The van der Waals surface area contributed by atoms with Crippen molar-refractivity contribution < 1.29 is 18.7 Å². The lowest BCUT2D eigenvalue weighted by atomic mass is 10.1. The van der Waals surface area contributed by atoms with Crippen LogP contribution in [0.3, 0.4) is 0 Å². The van der Waals surface area contributed by atoms with Crippen molar-refractivity contribution in [1.82, 2.24) is 4.90 Å². The zero-order valence-electron chi connectivity index (χ0n) is 12.1. The third-order valence-corrected chi connectivity index (χ3v) is 2.82. The molecule has 110 valence electrons. The van der Waals surface area contributed by atoms with E-state index in [0.717, 1.165) is 6.42 Å². The van der Waals surface area contributed by atoms with Crippen molar-refractivity contribution in [2.45, 2.75) is 27.2 Å². The van der Waals surface area contributed by atoms with Crippen LogP contribution in [0.1, 0.15) is 36.2 Å². The molecule has 0 N–H and O–H groups in total. The maximum absolute atomic E-state index is 13.1. The number of carbonyl (C=O) groups excluding carboxylic acids is 2. The molecule has 1 rings (SSSR count). The maximum atomic E-state index is 13.1. The Morgan fingerprint density at radius 2 is 2.00 bits per heavy atom. The van der Waals surface area contributed by atoms with Gasteiger partial charge in [0.05, 0.1) is 6.61 Å². The second-order valence-electron chi connectivity index (χ2n) is 4.49. The van der Waals surface area contributed by atoms with Crippen LogP contribution in [0.4, 0.5) is 4.39 Å². The molecule has 1 aromatic carbocycles. The number of nitrogens with zero attached hydrogens (tertiary/aromatic N) is 1. The first-order valence-corrected chi connectivity index (χ1v) is 6.70. The van der Waals surface area contributed by atoms with Crippen LogP contribution >= 0.6 is 0 Å². The minimum absolute atomic E-state index is 0.0860. The molecule has 4 nitrogen and oxygen atoms in total. The van der Waals surface area contributed by atoms with E-state index in [9.17, 15) is 14.0 Å². The van der Waals surface area contributed by atoms with E-state index in [4.69, 9.17) is 4.74 Å². The van der Waals surface area contributed by atoms with Crippen molar-refractivity contribution in [3.8, 4) is 0 Å². The number of halogens is 1. The summed E-state index contributed by atoms with van der Waals surface area (Å²) in [5.74, 6) is -1.10. The van der Waals surface area contributed by atoms with E-state index < -0.39 is 5.97 Å². The lowest BCUT2D eigenvalue weighted by molar-refractivity contribution is -0.143. The number of hydrogen-bond donors (Lipinski definition) is 0. The van der Waals surface area contributed by atoms with Crippen LogP contribution in [-0.4, -0.2) is 36.5 Å². The zero-order chi connectivity index (χ0) is 15.1. The lowest BCUT2D eigenvalue weighted by Crippen LogP contribution is -2.37. The smallest absolute Gasteiger partial charge is 0.325 e. The number of amides is 1. The van der Waals surface area contributed by atoms with E-state index in [-0.39, 0.29) is 24.9 Å². The van der Waals surface area contributed by atoms with Crippen LogP contribution in [0.15, 0.2) is 18.2 Å². The summed E-state index contributed by atoms with van der Waals surface area (Å²) in [6.45, 7) is 5.95. The van der Waals surface area contributed by atoms with Crippen LogP contribution in [0.5, 0.6) is 0 Å². The molecule has 1 aromatic rings. The van der Waals surface area contributed by atoms with Crippen LogP contribution in [0, 0.1) is 12.7 Å². The van der Waals surface area contributed by atoms with Gasteiger partial charge in [0.2, 0.25) is 0 Å². The highest BCUT2D eigenvalue weighted by Crippen LogP contribution is 2.13. The Kier molecular flexibility index (Phi) is 6.15. The monoisotopic (exact) mass is 281 g/mol. The van der Waals surface area contributed by atoms with Crippen molar-refractivity contribution in [2.24, 2.45) is 0 Å². The van der Waals surface area contributed by atoms with Gasteiger partial charge >= 0.3 is 5.97 Å². The zero-order valence-corrected chi connectivity index (χ0v) is 12.1. The standard InChI is InChI=1S/C15H20FNO3/c1-4-8-17(10-14(18)20-5-2)15(19)13-7-6-12(16)9-11(13)3/h6-7,9H,4-5,8,10H2,1-3H3. The minimum Gasteiger partial charge on any atom is -0.465 e. The van der Waals surface area contributed by atoms with E-state index in [0.29, 0.717) is 17.7 Å². The molecule has 0 bridgehead atoms. The molecule has 0 saturated heterocycles. The average Bonchev–Trinajstić information content (AvgIpc) is 2.38. The van der Waals surface area contributed by atoms with Crippen LogP contribution in [0.25, 0.3) is 0 Å². The van der Waals surface area contributed by atoms with Gasteiger partial charge < -0.3 is 9.64 Å². The molecule has 1 amide bonds. The molecule has 20 heavy (non-hydrogen) atoms. The molecular formula is C15H20FNO3. The Hall–Kier alpha value is -1.91. The number of aryl methyl sites for hydroxylation is 1. The second-order valence-corrected chi connectivity index (χ2v) is 4.49. The van der Waals surface area contributed by atoms with Crippen molar-refractivity contribution in [3.05, 3.63) is 35.1 Å². The highest BCUT2D eigenvalue weighted by molar-refractivity contribution is 5.97. The molecule has 0 fully saturated rings. The SMILES string of the molecule is CCCN(CC(=O)OCC)C(=O)c1ccc(F)cc1C. The van der Waals surface area contributed by atoms with Crippen LogP contribution in [-0.2, 0) is 9.53 Å². The molecule has 0 aliphatic carbocycles. The van der Waals surface area contributed by atoms with Gasteiger partial charge in [0.25, 0.3) is 5.91 Å². The molecule has 0 heterocycles. The van der Waals surface area contributed by atoms with Crippen molar-refractivity contribution in [2.75, 3.05) is 19.7 Å². The summed E-state index contributed by atoms with van der Waals surface area (Å²) in [5, 5.41) is 0. The van der Waals surface area contributed by atoms with Gasteiger partial charge in [-0.05, 0) is 44.0 Å². The highest BCUT2D eigenvalue weighted by Gasteiger charge is 2.20. The van der Waals surface area contributed by atoms with E-state index in [1.165, 1.54) is 23.1 Å². The first-order valence-electron chi connectivity index (χ1n) is 6.70. The second kappa shape index (κ2) is 7.62. The number of carbonyl (C=O) groups is 2. The molecule has 0 aromatic heterocycles. The van der Waals surface area contributed by atoms with Crippen molar-refractivity contribution in [1.29, 1.82) is 0 Å². The summed E-state index contributed by atoms with van der Waals surface area (Å²) in [5.41, 5.74) is 0.962. The van der Waals surface area contributed by atoms with E-state index >= 15 is 0 Å². The molecule has 0 spiro atoms. The summed E-state index contributed by atoms with van der Waals surface area (Å²) in [4.78, 5) is 25.4. The third kappa shape index (κ3) is 4.33. The maximum Gasteiger partial charge on any atom is 0.325 e. The van der Waals surface area contributed by atoms with Gasteiger partial charge in [0.15, 0.2) is 0 Å². The van der Waals surface area contributed by atoms with Gasteiger partial charge in [-0.25, -0.2) is 4.39 Å². The molecule has 0 saturated carbocycles. The topological polar surface area (TPSA) is 46.6 Å².